The highest BCUT2D eigenvalue weighted by atomic mass is 32.2. The first-order valence-electron chi connectivity index (χ1n) is 6.88. The molecule has 0 bridgehead atoms. The van der Waals surface area contributed by atoms with Gasteiger partial charge in [-0.25, -0.2) is 8.42 Å². The fourth-order valence-corrected chi connectivity index (χ4v) is 3.14. The van der Waals surface area contributed by atoms with Crippen molar-refractivity contribution in [3.05, 3.63) is 53.1 Å². The Kier molecular flexibility index (Phi) is 4.49. The SMILES string of the molecule is CNCc1c(C)cc(-c2ccc(S(C)(=O)=O)cc2)cc1C. The first kappa shape index (κ1) is 15.7. The molecule has 2 aromatic carbocycles. The van der Waals surface area contributed by atoms with E-state index in [1.54, 1.807) is 12.1 Å². The monoisotopic (exact) mass is 303 g/mol. The van der Waals surface area contributed by atoms with Crippen LogP contribution in [0.3, 0.4) is 0 Å². The average molecular weight is 303 g/mol. The fourth-order valence-electron chi connectivity index (χ4n) is 2.51. The van der Waals surface area contributed by atoms with Gasteiger partial charge in [-0.1, -0.05) is 24.3 Å². The molecule has 0 radical (unpaired) electrons. The summed E-state index contributed by atoms with van der Waals surface area (Å²) in [4.78, 5) is 0.353. The number of hydrogen-bond acceptors (Lipinski definition) is 3. The molecule has 2 aromatic rings. The summed E-state index contributed by atoms with van der Waals surface area (Å²) >= 11 is 0. The molecule has 0 aliphatic carbocycles. The van der Waals surface area contributed by atoms with Crippen LogP contribution in [0.1, 0.15) is 16.7 Å². The quantitative estimate of drug-likeness (QED) is 0.944. The summed E-state index contributed by atoms with van der Waals surface area (Å²) in [6.45, 7) is 5.06. The number of sulfone groups is 1. The molecule has 21 heavy (non-hydrogen) atoms. The molecule has 0 saturated heterocycles. The zero-order valence-corrected chi connectivity index (χ0v) is 13.7. The summed E-state index contributed by atoms with van der Waals surface area (Å²) in [6, 6.07) is 11.3. The van der Waals surface area contributed by atoms with Gasteiger partial charge >= 0.3 is 0 Å². The molecule has 0 aromatic heterocycles. The molecule has 1 N–H and O–H groups in total. The van der Waals surface area contributed by atoms with Gasteiger partial charge in [0.1, 0.15) is 0 Å². The first-order chi connectivity index (χ1) is 9.82. The lowest BCUT2D eigenvalue weighted by molar-refractivity contribution is 0.602. The Morgan fingerprint density at radius 1 is 0.952 bits per heavy atom. The molecule has 0 atom stereocenters. The van der Waals surface area contributed by atoms with Crippen molar-refractivity contribution >= 4 is 9.84 Å². The van der Waals surface area contributed by atoms with Crippen LogP contribution in [0.5, 0.6) is 0 Å². The predicted molar refractivity (Wildman–Crippen MR) is 87.2 cm³/mol. The van der Waals surface area contributed by atoms with Crippen molar-refractivity contribution < 1.29 is 8.42 Å². The van der Waals surface area contributed by atoms with Gasteiger partial charge in [-0.3, -0.25) is 0 Å². The van der Waals surface area contributed by atoms with E-state index in [0.717, 1.165) is 17.7 Å². The molecule has 0 fully saturated rings. The van der Waals surface area contributed by atoms with Gasteiger partial charge in [0.25, 0.3) is 0 Å². The summed E-state index contributed by atoms with van der Waals surface area (Å²) in [5, 5.41) is 3.18. The highest BCUT2D eigenvalue weighted by Gasteiger charge is 2.09. The molecule has 0 unspecified atom stereocenters. The Balaban J connectivity index is 2.43. The lowest BCUT2D eigenvalue weighted by Crippen LogP contribution is -2.08. The highest BCUT2D eigenvalue weighted by Crippen LogP contribution is 2.26. The molecule has 0 spiro atoms. The highest BCUT2D eigenvalue weighted by molar-refractivity contribution is 7.90. The van der Waals surface area contributed by atoms with E-state index in [0.29, 0.717) is 4.90 Å². The van der Waals surface area contributed by atoms with Gasteiger partial charge in [-0.2, -0.15) is 0 Å². The maximum absolute atomic E-state index is 11.5. The minimum absolute atomic E-state index is 0.353. The van der Waals surface area contributed by atoms with Crippen LogP contribution in [0, 0.1) is 13.8 Å². The Labute approximate surface area is 126 Å². The van der Waals surface area contributed by atoms with Crippen LogP contribution < -0.4 is 5.32 Å². The van der Waals surface area contributed by atoms with Gasteiger partial charge in [0.15, 0.2) is 9.84 Å². The van der Waals surface area contributed by atoms with Crippen molar-refractivity contribution in [1.29, 1.82) is 0 Å². The molecule has 0 amide bonds. The lowest BCUT2D eigenvalue weighted by Gasteiger charge is -2.13. The van der Waals surface area contributed by atoms with Crippen LogP contribution in [0.25, 0.3) is 11.1 Å². The second-order valence-corrected chi connectivity index (χ2v) is 7.43. The minimum atomic E-state index is -3.14. The van der Waals surface area contributed by atoms with Crippen LogP contribution >= 0.6 is 0 Å². The summed E-state index contributed by atoms with van der Waals surface area (Å²) in [5.74, 6) is 0. The van der Waals surface area contributed by atoms with Crippen LogP contribution in [-0.2, 0) is 16.4 Å². The maximum atomic E-state index is 11.5. The largest absolute Gasteiger partial charge is 0.316 e. The summed E-state index contributed by atoms with van der Waals surface area (Å²) in [7, 11) is -1.20. The predicted octanol–water partition coefficient (Wildman–Crippen LogP) is 3.09. The van der Waals surface area contributed by atoms with Crippen LogP contribution in [0.4, 0.5) is 0 Å². The van der Waals surface area contributed by atoms with E-state index in [4.69, 9.17) is 0 Å². The van der Waals surface area contributed by atoms with Gasteiger partial charge in [-0.05, 0) is 60.8 Å². The maximum Gasteiger partial charge on any atom is 0.175 e. The van der Waals surface area contributed by atoms with Crippen molar-refractivity contribution in [3.8, 4) is 11.1 Å². The third-order valence-corrected chi connectivity index (χ3v) is 4.79. The van der Waals surface area contributed by atoms with Crippen LogP contribution in [-0.4, -0.2) is 21.7 Å². The van der Waals surface area contributed by atoms with E-state index in [-0.39, 0.29) is 0 Å². The Bertz CT molecular complexity index is 724. The number of benzene rings is 2. The zero-order chi connectivity index (χ0) is 15.6. The van der Waals surface area contributed by atoms with E-state index >= 15 is 0 Å². The normalized spacial score (nSPS) is 11.6. The molecule has 0 heterocycles. The second-order valence-electron chi connectivity index (χ2n) is 5.42. The lowest BCUT2D eigenvalue weighted by atomic mass is 9.95. The molecule has 0 aliphatic heterocycles. The smallest absolute Gasteiger partial charge is 0.175 e. The van der Waals surface area contributed by atoms with E-state index in [9.17, 15) is 8.42 Å². The van der Waals surface area contributed by atoms with Crippen molar-refractivity contribution in [1.82, 2.24) is 5.32 Å². The van der Waals surface area contributed by atoms with E-state index in [1.165, 1.54) is 22.9 Å². The van der Waals surface area contributed by atoms with Crippen molar-refractivity contribution in [2.45, 2.75) is 25.3 Å². The molecular weight excluding hydrogens is 282 g/mol. The van der Waals surface area contributed by atoms with E-state index < -0.39 is 9.84 Å². The topological polar surface area (TPSA) is 46.2 Å². The number of rotatable bonds is 4. The van der Waals surface area contributed by atoms with Gasteiger partial charge in [0.05, 0.1) is 4.90 Å². The van der Waals surface area contributed by atoms with Gasteiger partial charge in [-0.15, -0.1) is 0 Å². The van der Waals surface area contributed by atoms with Gasteiger partial charge in [0.2, 0.25) is 0 Å². The third kappa shape index (κ3) is 3.52. The Morgan fingerprint density at radius 2 is 1.48 bits per heavy atom. The Morgan fingerprint density at radius 3 is 1.90 bits per heavy atom. The first-order valence-corrected chi connectivity index (χ1v) is 8.77. The summed E-state index contributed by atoms with van der Waals surface area (Å²) in [5.41, 5.74) is 5.95. The summed E-state index contributed by atoms with van der Waals surface area (Å²) < 4.78 is 23.0. The average Bonchev–Trinajstić information content (AvgIpc) is 2.42. The molecule has 112 valence electrons. The van der Waals surface area contributed by atoms with Crippen molar-refractivity contribution in [3.63, 3.8) is 0 Å². The fraction of sp³-hybridized carbons (Fsp3) is 0.294. The molecule has 0 saturated carbocycles. The second kappa shape index (κ2) is 6.00. The van der Waals surface area contributed by atoms with Crippen LogP contribution in [0.2, 0.25) is 0 Å². The molecule has 3 nitrogen and oxygen atoms in total. The third-order valence-electron chi connectivity index (χ3n) is 3.67. The van der Waals surface area contributed by atoms with E-state index in [2.05, 4.69) is 31.3 Å². The Hall–Kier alpha value is -1.65. The van der Waals surface area contributed by atoms with Crippen molar-refractivity contribution in [2.75, 3.05) is 13.3 Å². The standard InChI is InChI=1S/C17H21NO2S/c1-12-9-15(10-13(2)17(12)11-18-3)14-5-7-16(8-6-14)21(4,19)20/h5-10,18H,11H2,1-4H3. The molecule has 0 aliphatic rings. The minimum Gasteiger partial charge on any atom is -0.316 e. The number of hydrogen-bond donors (Lipinski definition) is 1. The van der Waals surface area contributed by atoms with Gasteiger partial charge in [0, 0.05) is 12.8 Å². The number of nitrogens with one attached hydrogen (secondary N) is 1. The van der Waals surface area contributed by atoms with E-state index in [1.807, 2.05) is 19.2 Å². The summed E-state index contributed by atoms with van der Waals surface area (Å²) in [6.07, 6.45) is 1.23. The molecule has 2 rings (SSSR count). The van der Waals surface area contributed by atoms with Crippen LogP contribution in [0.15, 0.2) is 41.3 Å². The molecular formula is C17H21NO2S. The van der Waals surface area contributed by atoms with Crippen molar-refractivity contribution in [2.24, 2.45) is 0 Å². The zero-order valence-electron chi connectivity index (χ0n) is 12.9. The van der Waals surface area contributed by atoms with Gasteiger partial charge < -0.3 is 5.32 Å². The molecule has 4 heteroatoms. The number of aryl methyl sites for hydroxylation is 2.